The van der Waals surface area contributed by atoms with Gasteiger partial charge in [0.2, 0.25) is 0 Å². The lowest BCUT2D eigenvalue weighted by Crippen LogP contribution is -2.45. The third kappa shape index (κ3) is 1.71. The molecule has 0 amide bonds. The highest BCUT2D eigenvalue weighted by molar-refractivity contribution is 8.02. The van der Waals surface area contributed by atoms with E-state index in [1.165, 1.54) is 11.8 Å². The number of fused-ring (bicyclic) bond motifs is 1. The fourth-order valence-electron chi connectivity index (χ4n) is 2.14. The molecule has 0 radical (unpaired) electrons. The minimum Gasteiger partial charge on any atom is -0.425 e. The Morgan fingerprint density at radius 1 is 0.944 bits per heavy atom. The van der Waals surface area contributed by atoms with Crippen LogP contribution in [0, 0.1) is 0 Å². The Labute approximate surface area is 110 Å². The summed E-state index contributed by atoms with van der Waals surface area (Å²) in [5.41, 5.74) is 1.78. The van der Waals surface area contributed by atoms with Gasteiger partial charge in [-0.05, 0) is 17.7 Å². The van der Waals surface area contributed by atoms with Gasteiger partial charge in [0.25, 0.3) is 0 Å². The van der Waals surface area contributed by atoms with Crippen LogP contribution in [0.1, 0.15) is 5.56 Å². The van der Waals surface area contributed by atoms with E-state index in [9.17, 15) is 10.0 Å². The van der Waals surface area contributed by atoms with Crippen LogP contribution in [0.5, 0.6) is 0 Å². The number of thioether (sulfide) groups is 1. The van der Waals surface area contributed by atoms with E-state index in [-0.39, 0.29) is 0 Å². The van der Waals surface area contributed by atoms with Gasteiger partial charge < -0.3 is 15.4 Å². The van der Waals surface area contributed by atoms with E-state index in [1.807, 2.05) is 54.6 Å². The van der Waals surface area contributed by atoms with Crippen molar-refractivity contribution < 1.29 is 10.0 Å². The van der Waals surface area contributed by atoms with Crippen molar-refractivity contribution in [2.45, 2.75) is 9.67 Å². The van der Waals surface area contributed by atoms with Crippen LogP contribution in [0.3, 0.4) is 0 Å². The normalized spacial score (nSPS) is 21.2. The summed E-state index contributed by atoms with van der Waals surface area (Å²) in [5, 5.41) is 22.8. The molecule has 90 valence electrons. The number of nitrogens with one attached hydrogen (secondary N) is 1. The van der Waals surface area contributed by atoms with Gasteiger partial charge in [0.05, 0.1) is 0 Å². The van der Waals surface area contributed by atoms with E-state index in [0.29, 0.717) is 0 Å². The van der Waals surface area contributed by atoms with Crippen LogP contribution < -0.4 is 5.32 Å². The van der Waals surface area contributed by atoms with Crippen molar-refractivity contribution in [1.82, 2.24) is 0 Å². The first-order valence-electron chi connectivity index (χ1n) is 5.70. The van der Waals surface area contributed by atoms with Gasteiger partial charge in [0.1, 0.15) is 4.77 Å². The fourth-order valence-corrected chi connectivity index (χ4v) is 3.38. The van der Waals surface area contributed by atoms with Crippen molar-refractivity contribution in [3.63, 3.8) is 0 Å². The standard InChI is InChI=1S/C13H12BNO2S/c16-14(17)13(10-6-2-1-3-7-10)15-11-8-4-5-9-12(11)18-13/h1-9,15-17H. The molecule has 2 aromatic carbocycles. The van der Waals surface area contributed by atoms with E-state index in [2.05, 4.69) is 5.32 Å². The van der Waals surface area contributed by atoms with Gasteiger partial charge in [0, 0.05) is 10.6 Å². The molecule has 2 aromatic rings. The number of para-hydroxylation sites is 1. The molecule has 0 saturated carbocycles. The molecule has 0 fully saturated rings. The molecule has 3 nitrogen and oxygen atoms in total. The zero-order chi connectivity index (χ0) is 12.6. The summed E-state index contributed by atoms with van der Waals surface area (Å²) in [5.74, 6) is 0. The molecule has 1 unspecified atom stereocenters. The first kappa shape index (κ1) is 11.7. The van der Waals surface area contributed by atoms with Crippen molar-refractivity contribution in [1.29, 1.82) is 0 Å². The second-order valence-corrected chi connectivity index (χ2v) is 5.49. The summed E-state index contributed by atoms with van der Waals surface area (Å²) >= 11 is 1.43. The summed E-state index contributed by atoms with van der Waals surface area (Å²) in [6, 6.07) is 17.3. The molecule has 0 aliphatic carbocycles. The minimum atomic E-state index is -1.49. The summed E-state index contributed by atoms with van der Waals surface area (Å²) in [7, 11) is -1.49. The van der Waals surface area contributed by atoms with Crippen LogP contribution in [0.4, 0.5) is 5.69 Å². The van der Waals surface area contributed by atoms with E-state index in [4.69, 9.17) is 0 Å². The third-order valence-electron chi connectivity index (χ3n) is 3.04. The molecule has 3 N–H and O–H groups in total. The maximum absolute atomic E-state index is 9.80. The number of hydrogen-bond acceptors (Lipinski definition) is 4. The van der Waals surface area contributed by atoms with Gasteiger partial charge in [-0.15, -0.1) is 0 Å². The molecule has 0 saturated heterocycles. The Kier molecular flexibility index (Phi) is 2.82. The minimum absolute atomic E-state index is 0.848. The predicted molar refractivity (Wildman–Crippen MR) is 74.2 cm³/mol. The summed E-state index contributed by atoms with van der Waals surface area (Å²) < 4.78 is -0.926. The monoisotopic (exact) mass is 257 g/mol. The highest BCUT2D eigenvalue weighted by atomic mass is 32.2. The number of anilines is 1. The molecular formula is C13H12BNO2S. The lowest BCUT2D eigenvalue weighted by Gasteiger charge is -2.28. The van der Waals surface area contributed by atoms with Gasteiger partial charge in [-0.1, -0.05) is 54.2 Å². The average Bonchev–Trinajstić information content (AvgIpc) is 2.80. The molecule has 18 heavy (non-hydrogen) atoms. The highest BCUT2D eigenvalue weighted by Crippen LogP contribution is 2.51. The van der Waals surface area contributed by atoms with Crippen molar-refractivity contribution in [2.75, 3.05) is 5.32 Å². The van der Waals surface area contributed by atoms with Gasteiger partial charge in [0.15, 0.2) is 0 Å². The molecule has 1 atom stereocenters. The lowest BCUT2D eigenvalue weighted by molar-refractivity contribution is 0.387. The number of rotatable bonds is 2. The van der Waals surface area contributed by atoms with Crippen LogP contribution in [-0.4, -0.2) is 17.2 Å². The average molecular weight is 257 g/mol. The molecule has 1 aliphatic heterocycles. The fraction of sp³-hybridized carbons (Fsp3) is 0.0769. The van der Waals surface area contributed by atoms with Gasteiger partial charge >= 0.3 is 7.12 Å². The van der Waals surface area contributed by atoms with Crippen molar-refractivity contribution in [3.8, 4) is 0 Å². The Morgan fingerprint density at radius 2 is 1.61 bits per heavy atom. The Morgan fingerprint density at radius 3 is 2.28 bits per heavy atom. The highest BCUT2D eigenvalue weighted by Gasteiger charge is 2.49. The molecule has 0 bridgehead atoms. The van der Waals surface area contributed by atoms with Gasteiger partial charge in [-0.25, -0.2) is 0 Å². The molecule has 5 heteroatoms. The predicted octanol–water partition coefficient (Wildman–Crippen LogP) is 2.07. The first-order valence-corrected chi connectivity index (χ1v) is 6.52. The maximum Gasteiger partial charge on any atom is 0.495 e. The second kappa shape index (κ2) is 4.35. The van der Waals surface area contributed by atoms with E-state index in [0.717, 1.165) is 16.1 Å². The van der Waals surface area contributed by atoms with Crippen LogP contribution in [0.2, 0.25) is 0 Å². The first-order chi connectivity index (χ1) is 8.72. The summed E-state index contributed by atoms with van der Waals surface area (Å²) in [6.45, 7) is 0. The van der Waals surface area contributed by atoms with Gasteiger partial charge in [-0.2, -0.15) is 0 Å². The van der Waals surface area contributed by atoms with Crippen LogP contribution in [-0.2, 0) is 4.77 Å². The van der Waals surface area contributed by atoms with E-state index in [1.54, 1.807) is 0 Å². The summed E-state index contributed by atoms with van der Waals surface area (Å²) in [4.78, 5) is 1.02. The smallest absolute Gasteiger partial charge is 0.425 e. The third-order valence-corrected chi connectivity index (χ3v) is 4.49. The molecule has 1 heterocycles. The van der Waals surface area contributed by atoms with Crippen molar-refractivity contribution in [2.24, 2.45) is 0 Å². The van der Waals surface area contributed by atoms with Crippen molar-refractivity contribution in [3.05, 3.63) is 60.2 Å². The van der Waals surface area contributed by atoms with Crippen LogP contribution in [0.15, 0.2) is 59.5 Å². The van der Waals surface area contributed by atoms with Crippen LogP contribution >= 0.6 is 11.8 Å². The van der Waals surface area contributed by atoms with E-state index < -0.39 is 11.9 Å². The maximum atomic E-state index is 9.80. The Balaban J connectivity index is 2.08. The van der Waals surface area contributed by atoms with Gasteiger partial charge in [-0.3, -0.25) is 0 Å². The SMILES string of the molecule is OB(O)C1(c2ccccc2)Nc2ccccc2S1. The molecular weight excluding hydrogens is 245 g/mol. The summed E-state index contributed by atoms with van der Waals surface area (Å²) in [6.07, 6.45) is 0. The Bertz CT molecular complexity index is 537. The van der Waals surface area contributed by atoms with Crippen LogP contribution in [0.25, 0.3) is 0 Å². The largest absolute Gasteiger partial charge is 0.495 e. The zero-order valence-corrected chi connectivity index (χ0v) is 10.4. The Hall–Kier alpha value is -1.43. The second-order valence-electron chi connectivity index (χ2n) is 4.20. The van der Waals surface area contributed by atoms with E-state index >= 15 is 0 Å². The molecule has 3 rings (SSSR count). The topological polar surface area (TPSA) is 52.5 Å². The van der Waals surface area contributed by atoms with Crippen molar-refractivity contribution >= 4 is 24.6 Å². The number of benzene rings is 2. The quantitative estimate of drug-likeness (QED) is 0.721. The molecule has 0 aromatic heterocycles. The molecule has 1 aliphatic rings. The zero-order valence-electron chi connectivity index (χ0n) is 9.58. The lowest BCUT2D eigenvalue weighted by atomic mass is 9.74. The number of hydrogen-bond donors (Lipinski definition) is 3. The molecule has 0 spiro atoms.